The Hall–Kier alpha value is -3.04. The van der Waals surface area contributed by atoms with Gasteiger partial charge in [0, 0.05) is 31.9 Å². The monoisotopic (exact) mass is 486 g/mol. The lowest BCUT2D eigenvalue weighted by Gasteiger charge is -2.38. The standard InChI is InChI=1S/C25H38N6O4/c1-24(2,3)34-22(32)30(23(33)35-25(4,5)6)13-16-10-19(11-16)31-15-20(21(28-31)17-8-9-17)27-18-12-26-29(7)14-18/h12,14-17,19,27H,8-11,13H2,1-7H3. The summed E-state index contributed by atoms with van der Waals surface area (Å²) in [5.74, 6) is 0.657. The average Bonchev–Trinajstić information content (AvgIpc) is 3.31. The highest BCUT2D eigenvalue weighted by atomic mass is 16.6. The van der Waals surface area contributed by atoms with Crippen molar-refractivity contribution in [2.24, 2.45) is 13.0 Å². The average molecular weight is 487 g/mol. The molecule has 2 fully saturated rings. The summed E-state index contributed by atoms with van der Waals surface area (Å²) in [6.45, 7) is 11.0. The first-order chi connectivity index (χ1) is 16.3. The first-order valence-electron chi connectivity index (χ1n) is 12.4. The van der Waals surface area contributed by atoms with E-state index in [2.05, 4.69) is 16.6 Å². The molecule has 1 N–H and O–H groups in total. The van der Waals surface area contributed by atoms with Crippen LogP contribution in [0.3, 0.4) is 0 Å². The van der Waals surface area contributed by atoms with Crippen molar-refractivity contribution in [2.75, 3.05) is 11.9 Å². The molecule has 2 saturated carbocycles. The highest BCUT2D eigenvalue weighted by Crippen LogP contribution is 2.45. The van der Waals surface area contributed by atoms with Crippen LogP contribution in [-0.2, 0) is 16.5 Å². The molecule has 192 valence electrons. The number of carbonyl (C=O) groups is 2. The second kappa shape index (κ2) is 9.20. The van der Waals surface area contributed by atoms with Crippen molar-refractivity contribution in [3.8, 4) is 0 Å². The Balaban J connectivity index is 1.41. The van der Waals surface area contributed by atoms with Crippen LogP contribution in [0.25, 0.3) is 0 Å². The third kappa shape index (κ3) is 6.55. The lowest BCUT2D eigenvalue weighted by molar-refractivity contribution is -0.00641. The molecule has 2 amide bonds. The van der Waals surface area contributed by atoms with Crippen molar-refractivity contribution in [3.63, 3.8) is 0 Å². The highest BCUT2D eigenvalue weighted by Gasteiger charge is 2.39. The zero-order valence-electron chi connectivity index (χ0n) is 21.9. The number of anilines is 2. The number of ether oxygens (including phenoxy) is 2. The van der Waals surface area contributed by atoms with Gasteiger partial charge in [-0.05, 0) is 73.1 Å². The van der Waals surface area contributed by atoms with Gasteiger partial charge in [0.15, 0.2) is 0 Å². The topological polar surface area (TPSA) is 104 Å². The summed E-state index contributed by atoms with van der Waals surface area (Å²) in [6.07, 6.45) is 8.42. The van der Waals surface area contributed by atoms with Gasteiger partial charge in [0.1, 0.15) is 11.2 Å². The van der Waals surface area contributed by atoms with Gasteiger partial charge in [-0.3, -0.25) is 9.36 Å². The maximum absolute atomic E-state index is 12.8. The third-order valence-corrected chi connectivity index (χ3v) is 5.96. The summed E-state index contributed by atoms with van der Waals surface area (Å²) in [5.41, 5.74) is 1.65. The molecule has 0 bridgehead atoms. The van der Waals surface area contributed by atoms with Crippen molar-refractivity contribution in [3.05, 3.63) is 24.3 Å². The Morgan fingerprint density at radius 2 is 1.66 bits per heavy atom. The Morgan fingerprint density at radius 3 is 2.14 bits per heavy atom. The van der Waals surface area contributed by atoms with Crippen LogP contribution in [0.15, 0.2) is 18.6 Å². The number of aryl methyl sites for hydroxylation is 1. The van der Waals surface area contributed by atoms with E-state index < -0.39 is 23.4 Å². The smallest absolute Gasteiger partial charge is 0.419 e. The van der Waals surface area contributed by atoms with Gasteiger partial charge in [0.05, 0.1) is 29.3 Å². The fraction of sp³-hybridized carbons (Fsp3) is 0.680. The molecular weight excluding hydrogens is 448 g/mol. The van der Waals surface area contributed by atoms with Gasteiger partial charge in [0.2, 0.25) is 0 Å². The highest BCUT2D eigenvalue weighted by molar-refractivity contribution is 5.88. The molecular formula is C25H38N6O4. The van der Waals surface area contributed by atoms with Crippen molar-refractivity contribution in [2.45, 2.75) is 90.4 Å². The zero-order valence-corrected chi connectivity index (χ0v) is 21.9. The van der Waals surface area contributed by atoms with Crippen LogP contribution in [0.4, 0.5) is 21.0 Å². The normalized spacial score (nSPS) is 20.2. The summed E-state index contributed by atoms with van der Waals surface area (Å²) in [4.78, 5) is 26.7. The number of carbonyl (C=O) groups excluding carboxylic acids is 2. The van der Waals surface area contributed by atoms with Gasteiger partial charge in [-0.25, -0.2) is 14.5 Å². The van der Waals surface area contributed by atoms with Gasteiger partial charge in [-0.1, -0.05) is 0 Å². The van der Waals surface area contributed by atoms with Gasteiger partial charge >= 0.3 is 12.2 Å². The van der Waals surface area contributed by atoms with E-state index in [0.717, 1.165) is 47.7 Å². The molecule has 0 saturated heterocycles. The summed E-state index contributed by atoms with van der Waals surface area (Å²) in [7, 11) is 1.89. The van der Waals surface area contributed by atoms with E-state index in [1.807, 2.05) is 17.9 Å². The van der Waals surface area contributed by atoms with E-state index in [9.17, 15) is 9.59 Å². The molecule has 4 rings (SSSR count). The van der Waals surface area contributed by atoms with Gasteiger partial charge in [-0.15, -0.1) is 0 Å². The Bertz CT molecular complexity index is 1040. The van der Waals surface area contributed by atoms with E-state index in [4.69, 9.17) is 14.6 Å². The number of hydrogen-bond acceptors (Lipinski definition) is 7. The summed E-state index contributed by atoms with van der Waals surface area (Å²) in [6, 6.07) is 0.223. The summed E-state index contributed by atoms with van der Waals surface area (Å²) < 4.78 is 14.8. The first-order valence-corrected chi connectivity index (χ1v) is 12.4. The second-order valence-corrected chi connectivity index (χ2v) is 11.8. The van der Waals surface area contributed by atoms with Gasteiger partial charge in [-0.2, -0.15) is 10.2 Å². The lowest BCUT2D eigenvalue weighted by Crippen LogP contribution is -2.47. The van der Waals surface area contributed by atoms with Crippen molar-refractivity contribution in [1.29, 1.82) is 0 Å². The molecule has 2 aromatic rings. The molecule has 0 atom stereocenters. The van der Waals surface area contributed by atoms with Crippen LogP contribution < -0.4 is 5.32 Å². The first kappa shape index (κ1) is 25.1. The molecule has 35 heavy (non-hydrogen) atoms. The van der Waals surface area contributed by atoms with E-state index in [1.165, 1.54) is 0 Å². The van der Waals surface area contributed by atoms with Crippen LogP contribution in [0.5, 0.6) is 0 Å². The number of nitrogens with zero attached hydrogens (tertiary/aromatic N) is 5. The SMILES string of the molecule is Cn1cc(Nc2cn(C3CC(CN(C(=O)OC(C)(C)C)C(=O)OC(C)(C)C)C3)nc2C2CC2)cn1. The van der Waals surface area contributed by atoms with Crippen molar-refractivity contribution in [1.82, 2.24) is 24.5 Å². The number of aromatic nitrogens is 4. The predicted octanol–water partition coefficient (Wildman–Crippen LogP) is 5.36. The van der Waals surface area contributed by atoms with E-state index >= 15 is 0 Å². The quantitative estimate of drug-likeness (QED) is 0.586. The minimum absolute atomic E-state index is 0.156. The van der Waals surface area contributed by atoms with Crippen molar-refractivity contribution < 1.29 is 19.1 Å². The number of hydrogen-bond donors (Lipinski definition) is 1. The van der Waals surface area contributed by atoms with E-state index in [-0.39, 0.29) is 18.5 Å². The van der Waals surface area contributed by atoms with Crippen molar-refractivity contribution >= 4 is 23.6 Å². The Morgan fingerprint density at radius 1 is 1.06 bits per heavy atom. The van der Waals surface area contributed by atoms with Gasteiger partial charge < -0.3 is 14.8 Å². The molecule has 0 aromatic carbocycles. The molecule has 0 aliphatic heterocycles. The minimum atomic E-state index is -0.703. The molecule has 0 spiro atoms. The Labute approximate surface area is 206 Å². The van der Waals surface area contributed by atoms with Crippen LogP contribution in [-0.4, -0.2) is 54.4 Å². The maximum atomic E-state index is 12.8. The molecule has 2 aliphatic carbocycles. The largest absolute Gasteiger partial charge is 0.443 e. The van der Waals surface area contributed by atoms with Crippen LogP contribution in [0.1, 0.15) is 84.9 Å². The Kier molecular flexibility index (Phi) is 6.59. The summed E-state index contributed by atoms with van der Waals surface area (Å²) in [5, 5.41) is 12.6. The van der Waals surface area contributed by atoms with E-state index in [0.29, 0.717) is 5.92 Å². The maximum Gasteiger partial charge on any atom is 0.419 e. The fourth-order valence-electron chi connectivity index (χ4n) is 4.17. The van der Waals surface area contributed by atoms with Crippen LogP contribution in [0, 0.1) is 5.92 Å². The lowest BCUT2D eigenvalue weighted by atomic mass is 9.80. The number of amides is 2. The van der Waals surface area contributed by atoms with Crippen LogP contribution in [0.2, 0.25) is 0 Å². The third-order valence-electron chi connectivity index (χ3n) is 5.96. The minimum Gasteiger partial charge on any atom is -0.443 e. The summed E-state index contributed by atoms with van der Waals surface area (Å²) >= 11 is 0. The number of rotatable bonds is 6. The number of imide groups is 1. The second-order valence-electron chi connectivity index (χ2n) is 11.8. The molecule has 10 nitrogen and oxygen atoms in total. The molecule has 2 heterocycles. The molecule has 0 radical (unpaired) electrons. The van der Waals surface area contributed by atoms with Gasteiger partial charge in [0.25, 0.3) is 0 Å². The molecule has 2 aliphatic rings. The number of nitrogens with one attached hydrogen (secondary N) is 1. The molecule has 2 aromatic heterocycles. The molecule has 10 heteroatoms. The van der Waals surface area contributed by atoms with E-state index in [1.54, 1.807) is 52.4 Å². The fourth-order valence-corrected chi connectivity index (χ4v) is 4.17. The zero-order chi connectivity index (χ0) is 25.5. The van der Waals surface area contributed by atoms with Crippen LogP contribution >= 0.6 is 0 Å². The predicted molar refractivity (Wildman–Crippen MR) is 132 cm³/mol. The molecule has 0 unspecified atom stereocenters.